The van der Waals surface area contributed by atoms with Crippen molar-refractivity contribution >= 4 is 29.4 Å². The minimum Gasteiger partial charge on any atom is -0.506 e. The van der Waals surface area contributed by atoms with Crippen LogP contribution in [0, 0.1) is 13.8 Å². The average molecular weight is 583 g/mol. The van der Waals surface area contributed by atoms with Gasteiger partial charge in [-0.3, -0.25) is 9.69 Å². The Bertz CT molecular complexity index is 1570. The van der Waals surface area contributed by atoms with E-state index in [4.69, 9.17) is 16.3 Å². The number of ether oxygens (including phenoxy) is 1. The molecule has 42 heavy (non-hydrogen) atoms. The summed E-state index contributed by atoms with van der Waals surface area (Å²) in [6.07, 6.45) is 1.61. The predicted octanol–water partition coefficient (Wildman–Crippen LogP) is 6.29. The highest BCUT2D eigenvalue weighted by Gasteiger charge is 2.18. The summed E-state index contributed by atoms with van der Waals surface area (Å²) in [5.41, 5.74) is 9.23. The molecule has 0 spiro atoms. The maximum Gasteiger partial charge on any atom is 0.271 e. The predicted molar refractivity (Wildman–Crippen MR) is 170 cm³/mol. The van der Waals surface area contributed by atoms with Crippen LogP contribution in [0.5, 0.6) is 11.5 Å². The molecular formula is C34H35ClN4O3. The van der Waals surface area contributed by atoms with Crippen molar-refractivity contribution in [3.63, 3.8) is 0 Å². The third kappa shape index (κ3) is 7.29. The maximum atomic E-state index is 12.5. The molecule has 1 aliphatic rings. The van der Waals surface area contributed by atoms with Crippen molar-refractivity contribution in [2.24, 2.45) is 5.10 Å². The second kappa shape index (κ2) is 13.6. The van der Waals surface area contributed by atoms with E-state index in [-0.39, 0.29) is 10.8 Å². The summed E-state index contributed by atoms with van der Waals surface area (Å²) in [7, 11) is 0. The van der Waals surface area contributed by atoms with E-state index in [2.05, 4.69) is 63.6 Å². The van der Waals surface area contributed by atoms with Gasteiger partial charge in [-0.2, -0.15) is 5.10 Å². The van der Waals surface area contributed by atoms with Gasteiger partial charge in [0.1, 0.15) is 18.1 Å². The standard InChI is InChI=1S/C34H35ClN4O3/c1-24-7-6-10-29(19-24)39-15-13-38(14-16-39)17-18-42-33-25(2)20-26(21-30(33)27-8-4-3-5-9-27)23-36-37-34(41)28-11-12-32(40)31(35)22-28/h3-12,19-23,40H,13-18H2,1-2H3,(H,37,41)/b36-23+. The highest BCUT2D eigenvalue weighted by atomic mass is 35.5. The molecule has 1 heterocycles. The number of hydrogen-bond donors (Lipinski definition) is 2. The van der Waals surface area contributed by atoms with Gasteiger partial charge in [0.15, 0.2) is 0 Å². The smallest absolute Gasteiger partial charge is 0.271 e. The molecule has 4 aromatic rings. The van der Waals surface area contributed by atoms with Crippen LogP contribution >= 0.6 is 11.6 Å². The van der Waals surface area contributed by atoms with Crippen molar-refractivity contribution in [2.75, 3.05) is 44.2 Å². The number of benzene rings is 4. The zero-order valence-electron chi connectivity index (χ0n) is 23.9. The summed E-state index contributed by atoms with van der Waals surface area (Å²) in [4.78, 5) is 17.4. The van der Waals surface area contributed by atoms with Gasteiger partial charge in [-0.15, -0.1) is 0 Å². The average Bonchev–Trinajstić information content (AvgIpc) is 3.00. The summed E-state index contributed by atoms with van der Waals surface area (Å²) in [5, 5.41) is 13.8. The normalized spacial score (nSPS) is 13.8. The molecule has 0 aromatic heterocycles. The van der Waals surface area contributed by atoms with Crippen LogP contribution in [0.2, 0.25) is 5.02 Å². The Morgan fingerprint density at radius 2 is 1.76 bits per heavy atom. The molecule has 1 saturated heterocycles. The Morgan fingerprint density at radius 1 is 0.976 bits per heavy atom. The minimum atomic E-state index is -0.423. The van der Waals surface area contributed by atoms with E-state index < -0.39 is 5.91 Å². The molecule has 2 N–H and O–H groups in total. The van der Waals surface area contributed by atoms with Crippen LogP contribution in [-0.4, -0.2) is 61.5 Å². The number of hydrogen-bond acceptors (Lipinski definition) is 6. The molecule has 0 bridgehead atoms. The van der Waals surface area contributed by atoms with Gasteiger partial charge in [0.25, 0.3) is 5.91 Å². The number of rotatable bonds is 9. The summed E-state index contributed by atoms with van der Waals surface area (Å²) < 4.78 is 6.43. The second-order valence-electron chi connectivity index (χ2n) is 10.5. The van der Waals surface area contributed by atoms with Crippen LogP contribution in [0.1, 0.15) is 27.0 Å². The fourth-order valence-electron chi connectivity index (χ4n) is 5.11. The molecule has 5 rings (SSSR count). The minimum absolute atomic E-state index is 0.0800. The first-order chi connectivity index (χ1) is 20.4. The SMILES string of the molecule is Cc1cccc(N2CCN(CCOc3c(C)cc(/C=N/NC(=O)c4ccc(O)c(Cl)c4)cc3-c3ccccc3)CC2)c1. The van der Waals surface area contributed by atoms with Gasteiger partial charge in [-0.25, -0.2) is 5.43 Å². The number of phenols is 1. The number of aryl methyl sites for hydroxylation is 2. The van der Waals surface area contributed by atoms with E-state index in [1.165, 1.54) is 29.4 Å². The Kier molecular flexibility index (Phi) is 9.41. The van der Waals surface area contributed by atoms with E-state index in [9.17, 15) is 9.90 Å². The fraction of sp³-hybridized carbons (Fsp3) is 0.235. The second-order valence-corrected chi connectivity index (χ2v) is 10.9. The van der Waals surface area contributed by atoms with Crippen LogP contribution in [0.15, 0.2) is 90.0 Å². The Labute approximate surface area is 252 Å². The quantitative estimate of drug-likeness (QED) is 0.179. The molecule has 7 nitrogen and oxygen atoms in total. The van der Waals surface area contributed by atoms with Crippen molar-refractivity contribution in [3.05, 3.63) is 112 Å². The van der Waals surface area contributed by atoms with Gasteiger partial charge < -0.3 is 14.7 Å². The third-order valence-electron chi connectivity index (χ3n) is 7.36. The number of halogens is 1. The van der Waals surface area contributed by atoms with Gasteiger partial charge in [-0.05, 0) is 78.6 Å². The van der Waals surface area contributed by atoms with Gasteiger partial charge in [-0.1, -0.05) is 54.1 Å². The van der Waals surface area contributed by atoms with E-state index in [1.54, 1.807) is 6.21 Å². The highest BCUT2D eigenvalue weighted by Crippen LogP contribution is 2.34. The number of piperazine rings is 1. The number of carbonyl (C=O) groups excluding carboxylic acids is 1. The number of amides is 1. The third-order valence-corrected chi connectivity index (χ3v) is 7.67. The van der Waals surface area contributed by atoms with Crippen LogP contribution in [-0.2, 0) is 0 Å². The largest absolute Gasteiger partial charge is 0.506 e. The van der Waals surface area contributed by atoms with Crippen LogP contribution in [0.25, 0.3) is 11.1 Å². The molecule has 1 amide bonds. The fourth-order valence-corrected chi connectivity index (χ4v) is 5.29. The summed E-state index contributed by atoms with van der Waals surface area (Å²) in [6.45, 7) is 9.60. The highest BCUT2D eigenvalue weighted by molar-refractivity contribution is 6.32. The Morgan fingerprint density at radius 3 is 2.50 bits per heavy atom. The lowest BCUT2D eigenvalue weighted by Crippen LogP contribution is -2.47. The van der Waals surface area contributed by atoms with Gasteiger partial charge >= 0.3 is 0 Å². The van der Waals surface area contributed by atoms with Crippen molar-refractivity contribution in [1.82, 2.24) is 10.3 Å². The molecule has 0 radical (unpaired) electrons. The first-order valence-corrected chi connectivity index (χ1v) is 14.4. The molecule has 0 atom stereocenters. The molecule has 0 aliphatic carbocycles. The van der Waals surface area contributed by atoms with Crippen molar-refractivity contribution < 1.29 is 14.6 Å². The molecule has 0 unspecified atom stereocenters. The van der Waals surface area contributed by atoms with Crippen molar-refractivity contribution in [3.8, 4) is 22.6 Å². The number of nitrogens with zero attached hydrogens (tertiary/aromatic N) is 3. The lowest BCUT2D eigenvalue weighted by atomic mass is 9.99. The zero-order chi connectivity index (χ0) is 29.5. The van der Waals surface area contributed by atoms with Crippen LogP contribution in [0.4, 0.5) is 5.69 Å². The number of carbonyl (C=O) groups is 1. The van der Waals surface area contributed by atoms with Gasteiger partial charge in [0.05, 0.1) is 11.2 Å². The Hall–Kier alpha value is -4.33. The van der Waals surface area contributed by atoms with Gasteiger partial charge in [0, 0.05) is 49.5 Å². The van der Waals surface area contributed by atoms with Crippen LogP contribution < -0.4 is 15.1 Å². The molecule has 8 heteroatoms. The zero-order valence-corrected chi connectivity index (χ0v) is 24.6. The molecule has 0 saturated carbocycles. The number of aromatic hydroxyl groups is 1. The van der Waals surface area contributed by atoms with Crippen molar-refractivity contribution in [1.29, 1.82) is 0 Å². The number of nitrogens with one attached hydrogen (secondary N) is 1. The summed E-state index contributed by atoms with van der Waals surface area (Å²) in [6, 6.07) is 27.1. The monoisotopic (exact) mass is 582 g/mol. The first-order valence-electron chi connectivity index (χ1n) is 14.1. The topological polar surface area (TPSA) is 77.4 Å². The number of anilines is 1. The summed E-state index contributed by atoms with van der Waals surface area (Å²) in [5.74, 6) is 0.343. The molecular weight excluding hydrogens is 548 g/mol. The van der Waals surface area contributed by atoms with Crippen LogP contribution in [0.3, 0.4) is 0 Å². The van der Waals surface area contributed by atoms with E-state index in [1.807, 2.05) is 37.3 Å². The molecule has 4 aromatic carbocycles. The number of phenolic OH excluding ortho intramolecular Hbond substituents is 1. The van der Waals surface area contributed by atoms with E-state index >= 15 is 0 Å². The molecule has 1 aliphatic heterocycles. The van der Waals surface area contributed by atoms with E-state index in [0.717, 1.165) is 60.7 Å². The summed E-state index contributed by atoms with van der Waals surface area (Å²) >= 11 is 5.92. The lowest BCUT2D eigenvalue weighted by molar-refractivity contribution is 0.0955. The van der Waals surface area contributed by atoms with Gasteiger partial charge in [0.2, 0.25) is 0 Å². The Balaban J connectivity index is 1.23. The molecule has 1 fully saturated rings. The lowest BCUT2D eigenvalue weighted by Gasteiger charge is -2.36. The maximum absolute atomic E-state index is 12.5. The van der Waals surface area contributed by atoms with Crippen molar-refractivity contribution in [2.45, 2.75) is 13.8 Å². The van der Waals surface area contributed by atoms with E-state index in [0.29, 0.717) is 12.2 Å². The number of hydrazone groups is 1. The molecule has 216 valence electrons. The first kappa shape index (κ1) is 29.2.